The van der Waals surface area contributed by atoms with E-state index in [2.05, 4.69) is 12.0 Å². The second kappa shape index (κ2) is 17.3. The predicted octanol–water partition coefficient (Wildman–Crippen LogP) is 9.81. The third-order valence-electron chi connectivity index (χ3n) is 13.4. The van der Waals surface area contributed by atoms with Crippen LogP contribution in [0.15, 0.2) is 127 Å². The number of halogens is 2. The van der Waals surface area contributed by atoms with E-state index >= 15 is 9.59 Å². The number of imide groups is 2. The fourth-order valence-electron chi connectivity index (χ4n) is 10.5. The summed E-state index contributed by atoms with van der Waals surface area (Å²) in [5, 5.41) is 13.8. The molecule has 1 saturated carbocycles. The maximum Gasteiger partial charge on any atom is 0.260 e. The number of methoxy groups -OCH3 is 3. The number of benzene rings is 5. The quantitative estimate of drug-likeness (QED) is 0.0713. The third kappa shape index (κ3) is 7.14. The Kier molecular flexibility index (Phi) is 11.5. The van der Waals surface area contributed by atoms with Gasteiger partial charge in [0.05, 0.1) is 60.9 Å². The van der Waals surface area contributed by atoms with Gasteiger partial charge in [-0.05, 0) is 103 Å². The molecule has 2 aliphatic heterocycles. The summed E-state index contributed by atoms with van der Waals surface area (Å²) in [4.78, 5) is 61.6. The molecule has 5 aromatic rings. The summed E-state index contributed by atoms with van der Waals surface area (Å²) in [5.41, 5.74) is 5.91. The molecular formula is C52H45Cl2N3O8. The van der Waals surface area contributed by atoms with E-state index in [1.807, 2.05) is 54.6 Å². The standard InChI is InChI=1S/C52H45Cl2N3O8/c1-5-7-30-8-6-9-39(47(30)58)46-37-22-23-38-45(50(61)56(48(38)59)34-17-11-29(12-18-34)10-13-31-26-36(64-3)21-25-44(31)65-4)40(37)28-41-49(60)57(55-43-24-16-33(53)27-42(43)54)51(62)52(41,46)32-14-19-35(63-2)20-15-32/h5-6,8-22,24-27,38,40-41,45-46,55,58H,1,7,23,28H2,2-4H3. The Hall–Kier alpha value is -6.82. The largest absolute Gasteiger partial charge is 0.507 e. The first-order chi connectivity index (χ1) is 31.4. The average molecular weight is 911 g/mol. The molecule has 330 valence electrons. The molecule has 65 heavy (non-hydrogen) atoms. The van der Waals surface area contributed by atoms with Crippen LogP contribution in [0.1, 0.15) is 46.6 Å². The number of aromatic hydroxyl groups is 1. The van der Waals surface area contributed by atoms with Gasteiger partial charge in [0.1, 0.15) is 23.0 Å². The number of para-hydroxylation sites is 1. The van der Waals surface area contributed by atoms with Crippen molar-refractivity contribution in [2.75, 3.05) is 31.7 Å². The average Bonchev–Trinajstić information content (AvgIpc) is 3.70. The molecule has 9 rings (SSSR count). The van der Waals surface area contributed by atoms with Crippen LogP contribution < -0.4 is 24.5 Å². The molecule has 2 saturated heterocycles. The molecule has 2 N–H and O–H groups in total. The fraction of sp³-hybridized carbons (Fsp3) is 0.231. The number of allylic oxidation sites excluding steroid dienone is 3. The Morgan fingerprint density at radius 3 is 2.25 bits per heavy atom. The second-order valence-corrected chi connectivity index (χ2v) is 17.4. The van der Waals surface area contributed by atoms with Gasteiger partial charge in [0, 0.05) is 22.1 Å². The van der Waals surface area contributed by atoms with E-state index in [4.69, 9.17) is 37.4 Å². The summed E-state index contributed by atoms with van der Waals surface area (Å²) in [6, 6.07) is 29.7. The summed E-state index contributed by atoms with van der Waals surface area (Å²) in [7, 11) is 4.74. The zero-order valence-corrected chi connectivity index (χ0v) is 37.3. The Morgan fingerprint density at radius 1 is 0.815 bits per heavy atom. The molecule has 11 nitrogen and oxygen atoms in total. The van der Waals surface area contributed by atoms with Crippen LogP contribution in [0.5, 0.6) is 23.0 Å². The van der Waals surface area contributed by atoms with Crippen LogP contribution >= 0.6 is 23.2 Å². The number of carbonyl (C=O) groups is 4. The Bertz CT molecular complexity index is 2820. The first-order valence-electron chi connectivity index (χ1n) is 21.2. The van der Waals surface area contributed by atoms with Crippen molar-refractivity contribution in [2.24, 2.45) is 23.7 Å². The van der Waals surface area contributed by atoms with Gasteiger partial charge in [-0.2, -0.15) is 5.01 Å². The van der Waals surface area contributed by atoms with Gasteiger partial charge in [0.2, 0.25) is 11.8 Å². The van der Waals surface area contributed by atoms with Gasteiger partial charge in [-0.1, -0.05) is 95.5 Å². The number of anilines is 2. The number of hydrogen-bond acceptors (Lipinski definition) is 9. The van der Waals surface area contributed by atoms with Crippen molar-refractivity contribution in [1.82, 2.24) is 5.01 Å². The van der Waals surface area contributed by atoms with Crippen molar-refractivity contribution < 1.29 is 38.5 Å². The lowest BCUT2D eigenvalue weighted by atomic mass is 9.49. The highest BCUT2D eigenvalue weighted by atomic mass is 35.5. The SMILES string of the molecule is C=CCc1cccc(C2C3=CCC4C(=O)N(c5ccc(C=Cc6cc(OC)ccc6OC)cc5)C(=O)C4C3CC3C(=O)N(Nc4ccc(Cl)cc4Cl)C(=O)C32c2ccc(OC)cc2)c1O. The van der Waals surface area contributed by atoms with E-state index in [1.54, 1.807) is 88.1 Å². The summed E-state index contributed by atoms with van der Waals surface area (Å²) in [5.74, 6) is -4.26. The van der Waals surface area contributed by atoms with Gasteiger partial charge in [-0.25, -0.2) is 0 Å². The van der Waals surface area contributed by atoms with E-state index in [1.165, 1.54) is 11.0 Å². The molecule has 5 aromatic carbocycles. The smallest absolute Gasteiger partial charge is 0.260 e. The Morgan fingerprint density at radius 2 is 1.55 bits per heavy atom. The minimum atomic E-state index is -1.64. The molecule has 0 aromatic heterocycles. The number of fused-ring (bicyclic) bond motifs is 4. The van der Waals surface area contributed by atoms with Gasteiger partial charge in [0.25, 0.3) is 11.8 Å². The highest BCUT2D eigenvalue weighted by Crippen LogP contribution is 2.65. The van der Waals surface area contributed by atoms with E-state index in [0.717, 1.165) is 16.1 Å². The minimum Gasteiger partial charge on any atom is -0.507 e. The van der Waals surface area contributed by atoms with E-state index < -0.39 is 46.8 Å². The predicted molar refractivity (Wildman–Crippen MR) is 250 cm³/mol. The summed E-state index contributed by atoms with van der Waals surface area (Å²) in [6.45, 7) is 3.89. The van der Waals surface area contributed by atoms with Gasteiger partial charge in [0.15, 0.2) is 0 Å². The van der Waals surface area contributed by atoms with Crippen LogP contribution in [-0.2, 0) is 31.0 Å². The topological polar surface area (TPSA) is 135 Å². The van der Waals surface area contributed by atoms with E-state index in [-0.39, 0.29) is 41.1 Å². The molecule has 0 bridgehead atoms. The van der Waals surface area contributed by atoms with Crippen molar-refractivity contribution in [3.05, 3.63) is 165 Å². The van der Waals surface area contributed by atoms with Crippen molar-refractivity contribution in [2.45, 2.75) is 30.6 Å². The molecule has 3 fully saturated rings. The first-order valence-corrected chi connectivity index (χ1v) is 21.9. The number of hydrogen-bond donors (Lipinski definition) is 2. The van der Waals surface area contributed by atoms with Crippen molar-refractivity contribution in [3.63, 3.8) is 0 Å². The summed E-state index contributed by atoms with van der Waals surface area (Å²) in [6.07, 6.45) is 8.04. The zero-order chi connectivity index (χ0) is 45.7. The first kappa shape index (κ1) is 43.4. The number of phenols is 1. The summed E-state index contributed by atoms with van der Waals surface area (Å²) < 4.78 is 16.4. The molecule has 13 heteroatoms. The van der Waals surface area contributed by atoms with Crippen molar-refractivity contribution in [3.8, 4) is 23.0 Å². The molecule has 0 spiro atoms. The van der Waals surface area contributed by atoms with Crippen molar-refractivity contribution in [1.29, 1.82) is 0 Å². The number of amides is 4. The highest BCUT2D eigenvalue weighted by Gasteiger charge is 2.70. The van der Waals surface area contributed by atoms with Crippen LogP contribution in [-0.4, -0.2) is 55.1 Å². The van der Waals surface area contributed by atoms with Gasteiger partial charge >= 0.3 is 0 Å². The van der Waals surface area contributed by atoms with Gasteiger partial charge < -0.3 is 19.3 Å². The number of phenolic OH excluding ortho intramolecular Hbond substituents is 1. The van der Waals surface area contributed by atoms with Gasteiger partial charge in [-0.3, -0.25) is 29.5 Å². The second-order valence-electron chi connectivity index (χ2n) is 16.6. The molecule has 6 atom stereocenters. The Labute approximate surface area is 386 Å². The van der Waals surface area contributed by atoms with Crippen LogP contribution in [0.3, 0.4) is 0 Å². The normalized spacial score (nSPS) is 23.5. The van der Waals surface area contributed by atoms with Crippen LogP contribution in [0, 0.1) is 23.7 Å². The lowest BCUT2D eigenvalue weighted by Gasteiger charge is -2.50. The molecule has 6 unspecified atom stereocenters. The van der Waals surface area contributed by atoms with Crippen LogP contribution in [0.25, 0.3) is 12.2 Å². The van der Waals surface area contributed by atoms with Gasteiger partial charge in [-0.15, -0.1) is 6.58 Å². The van der Waals surface area contributed by atoms with Crippen molar-refractivity contribution >= 4 is 70.4 Å². The highest BCUT2D eigenvalue weighted by molar-refractivity contribution is 6.36. The maximum absolute atomic E-state index is 15.7. The third-order valence-corrected chi connectivity index (χ3v) is 14.0. The van der Waals surface area contributed by atoms with Crippen LogP contribution in [0.4, 0.5) is 11.4 Å². The maximum atomic E-state index is 15.7. The number of carbonyl (C=O) groups excluding carboxylic acids is 4. The summed E-state index contributed by atoms with van der Waals surface area (Å²) >= 11 is 12.8. The molecule has 2 heterocycles. The lowest BCUT2D eigenvalue weighted by Crippen LogP contribution is -2.53. The molecular weight excluding hydrogens is 865 g/mol. The molecule has 2 aliphatic carbocycles. The molecule has 4 aliphatic rings. The molecule has 4 amide bonds. The van der Waals surface area contributed by atoms with E-state index in [9.17, 15) is 14.7 Å². The number of rotatable bonds is 12. The number of nitrogens with zero attached hydrogens (tertiary/aromatic N) is 2. The van der Waals surface area contributed by atoms with Crippen LogP contribution in [0.2, 0.25) is 10.0 Å². The van der Waals surface area contributed by atoms with E-state index in [0.29, 0.717) is 56.6 Å². The molecule has 0 radical (unpaired) electrons. The Balaban J connectivity index is 1.14. The number of nitrogens with one attached hydrogen (secondary N) is 1. The number of ether oxygens (including phenoxy) is 3. The monoisotopic (exact) mass is 909 g/mol. The fourth-order valence-corrected chi connectivity index (χ4v) is 10.9. The number of hydrazine groups is 1. The lowest BCUT2D eigenvalue weighted by molar-refractivity contribution is -0.138. The minimum absolute atomic E-state index is 0.0467. The zero-order valence-electron chi connectivity index (χ0n) is 35.8.